The maximum Gasteiger partial charge on any atom is 0.274 e. The lowest BCUT2D eigenvalue weighted by atomic mass is 10.3. The second-order valence-electron chi connectivity index (χ2n) is 5.13. The van der Waals surface area contributed by atoms with Gasteiger partial charge in [0.1, 0.15) is 11.5 Å². The minimum absolute atomic E-state index is 0.236. The lowest BCUT2D eigenvalue weighted by Crippen LogP contribution is -2.15. The van der Waals surface area contributed by atoms with Gasteiger partial charge in [-0.3, -0.25) is 4.79 Å². The molecule has 0 fully saturated rings. The highest BCUT2D eigenvalue weighted by Gasteiger charge is 2.12. The van der Waals surface area contributed by atoms with Crippen LogP contribution in [0.15, 0.2) is 40.9 Å². The number of nitrogens with zero attached hydrogens (tertiary/aromatic N) is 3. The van der Waals surface area contributed by atoms with Crippen LogP contribution in [0.5, 0.6) is 0 Å². The van der Waals surface area contributed by atoms with Gasteiger partial charge in [0.2, 0.25) is 5.95 Å². The number of aryl methyl sites for hydroxylation is 2. The van der Waals surface area contributed by atoms with Crippen LogP contribution < -0.4 is 10.6 Å². The molecule has 3 rings (SSSR count). The van der Waals surface area contributed by atoms with Gasteiger partial charge in [-0.25, -0.2) is 9.97 Å². The third-order valence-electron chi connectivity index (χ3n) is 3.06. The number of anilines is 3. The van der Waals surface area contributed by atoms with Gasteiger partial charge in [0, 0.05) is 22.5 Å². The Morgan fingerprint density at radius 1 is 1.12 bits per heavy atom. The molecule has 0 atom stereocenters. The molecule has 0 aliphatic heterocycles. The third-order valence-corrected chi connectivity index (χ3v) is 3.31. The number of rotatable bonds is 4. The summed E-state index contributed by atoms with van der Waals surface area (Å²) in [5.41, 5.74) is 1.51. The van der Waals surface area contributed by atoms with E-state index in [1.807, 2.05) is 0 Å². The van der Waals surface area contributed by atoms with E-state index >= 15 is 0 Å². The number of carbonyl (C=O) groups excluding carboxylic acids is 1. The van der Waals surface area contributed by atoms with Gasteiger partial charge in [-0.05, 0) is 44.2 Å². The maximum atomic E-state index is 12.4. The van der Waals surface area contributed by atoms with Crippen molar-refractivity contribution in [3.8, 4) is 0 Å². The number of carbonyl (C=O) groups is 1. The first kappa shape index (κ1) is 15.9. The van der Waals surface area contributed by atoms with Gasteiger partial charge in [-0.1, -0.05) is 16.8 Å². The molecule has 0 unspecified atom stereocenters. The Balaban J connectivity index is 1.79. The summed E-state index contributed by atoms with van der Waals surface area (Å²) in [6.45, 7) is 3.56. The van der Waals surface area contributed by atoms with Crippen molar-refractivity contribution >= 4 is 35.0 Å². The Labute approximate surface area is 143 Å². The maximum absolute atomic E-state index is 12.4. The minimum atomic E-state index is -0.345. The van der Waals surface area contributed by atoms with Crippen molar-refractivity contribution in [3.63, 3.8) is 0 Å². The molecule has 0 bridgehead atoms. The van der Waals surface area contributed by atoms with E-state index in [0.29, 0.717) is 28.0 Å². The van der Waals surface area contributed by atoms with Crippen molar-refractivity contribution in [3.05, 3.63) is 58.6 Å². The lowest BCUT2D eigenvalue weighted by Gasteiger charge is -2.07. The quantitative estimate of drug-likeness (QED) is 0.749. The fraction of sp³-hybridized carbons (Fsp3) is 0.125. The molecule has 2 heterocycles. The number of benzene rings is 1. The van der Waals surface area contributed by atoms with Crippen LogP contribution in [0.1, 0.15) is 21.9 Å². The van der Waals surface area contributed by atoms with E-state index < -0.39 is 0 Å². The normalized spacial score (nSPS) is 10.5. The van der Waals surface area contributed by atoms with Crippen LogP contribution in [-0.2, 0) is 0 Å². The monoisotopic (exact) mass is 343 g/mol. The Morgan fingerprint density at radius 3 is 2.54 bits per heavy atom. The van der Waals surface area contributed by atoms with Crippen LogP contribution in [-0.4, -0.2) is 21.0 Å². The molecular weight excluding hydrogens is 330 g/mol. The van der Waals surface area contributed by atoms with Gasteiger partial charge in [0.15, 0.2) is 5.82 Å². The molecule has 1 aromatic carbocycles. The largest absolute Gasteiger partial charge is 0.360 e. The molecule has 0 saturated carbocycles. The zero-order valence-corrected chi connectivity index (χ0v) is 13.8. The second-order valence-corrected chi connectivity index (χ2v) is 5.56. The summed E-state index contributed by atoms with van der Waals surface area (Å²) in [6.07, 6.45) is 0. The highest BCUT2D eigenvalue weighted by atomic mass is 35.5. The Kier molecular flexibility index (Phi) is 4.43. The average molecular weight is 344 g/mol. The van der Waals surface area contributed by atoms with Gasteiger partial charge in [0.05, 0.1) is 0 Å². The third kappa shape index (κ3) is 3.88. The molecule has 0 saturated heterocycles. The van der Waals surface area contributed by atoms with Crippen molar-refractivity contribution in [2.45, 2.75) is 13.8 Å². The van der Waals surface area contributed by atoms with Crippen LogP contribution in [0, 0.1) is 13.8 Å². The molecule has 0 aliphatic rings. The van der Waals surface area contributed by atoms with Crippen LogP contribution in [0.2, 0.25) is 5.02 Å². The molecule has 0 aliphatic carbocycles. The molecule has 0 spiro atoms. The van der Waals surface area contributed by atoms with Gasteiger partial charge in [0.25, 0.3) is 5.91 Å². The number of halogens is 1. The summed E-state index contributed by atoms with van der Waals surface area (Å²) < 4.78 is 4.98. The van der Waals surface area contributed by atoms with Crippen molar-refractivity contribution in [2.75, 3.05) is 10.6 Å². The summed E-state index contributed by atoms with van der Waals surface area (Å²) in [7, 11) is 0. The molecule has 1 amide bonds. The first-order valence-corrected chi connectivity index (χ1v) is 7.50. The van der Waals surface area contributed by atoms with Gasteiger partial charge >= 0.3 is 0 Å². The second kappa shape index (κ2) is 6.67. The fourth-order valence-corrected chi connectivity index (χ4v) is 2.13. The van der Waals surface area contributed by atoms with Crippen molar-refractivity contribution in [1.29, 1.82) is 0 Å². The predicted molar refractivity (Wildman–Crippen MR) is 90.7 cm³/mol. The molecule has 2 N–H and O–H groups in total. The van der Waals surface area contributed by atoms with Crippen LogP contribution in [0.3, 0.4) is 0 Å². The van der Waals surface area contributed by atoms with Crippen LogP contribution >= 0.6 is 11.6 Å². The highest BCUT2D eigenvalue weighted by Crippen LogP contribution is 2.16. The van der Waals surface area contributed by atoms with E-state index in [1.54, 1.807) is 50.2 Å². The van der Waals surface area contributed by atoms with Gasteiger partial charge < -0.3 is 15.2 Å². The molecule has 0 radical (unpaired) electrons. The summed E-state index contributed by atoms with van der Waals surface area (Å²) in [6, 6.07) is 10.1. The molecule has 24 heavy (non-hydrogen) atoms. The first-order chi connectivity index (χ1) is 11.5. The minimum Gasteiger partial charge on any atom is -0.360 e. The molecular formula is C16H14ClN5O2. The number of amides is 1. The molecule has 122 valence electrons. The zero-order chi connectivity index (χ0) is 17.1. The molecule has 3 aromatic rings. The number of hydrogen-bond acceptors (Lipinski definition) is 6. The first-order valence-electron chi connectivity index (χ1n) is 7.12. The standard InChI is InChI=1S/C16H14ClN5O2/c1-9-7-13(15(23)19-12-5-3-11(17)4-6-12)20-16(18-9)21-14-8-10(2)24-22-14/h3-8H,1-2H3,(H,19,23)(H,18,20,21,22). The summed E-state index contributed by atoms with van der Waals surface area (Å²) in [5.74, 6) is 1.06. The SMILES string of the molecule is Cc1cc(C(=O)Nc2ccc(Cl)cc2)nc(Nc2cc(C)on2)n1. The van der Waals surface area contributed by atoms with Crippen molar-refractivity contribution in [1.82, 2.24) is 15.1 Å². The topological polar surface area (TPSA) is 92.9 Å². The van der Waals surface area contributed by atoms with Crippen molar-refractivity contribution < 1.29 is 9.32 Å². The molecule has 7 nitrogen and oxygen atoms in total. The Bertz CT molecular complexity index is 876. The highest BCUT2D eigenvalue weighted by molar-refractivity contribution is 6.30. The smallest absolute Gasteiger partial charge is 0.274 e. The number of hydrogen-bond donors (Lipinski definition) is 2. The zero-order valence-electron chi connectivity index (χ0n) is 13.0. The van der Waals surface area contributed by atoms with Crippen LogP contribution in [0.4, 0.5) is 17.5 Å². The predicted octanol–water partition coefficient (Wildman–Crippen LogP) is 3.73. The van der Waals surface area contributed by atoms with E-state index in [1.165, 1.54) is 0 Å². The van der Waals surface area contributed by atoms with E-state index in [-0.39, 0.29) is 17.5 Å². The van der Waals surface area contributed by atoms with E-state index in [0.717, 1.165) is 0 Å². The summed E-state index contributed by atoms with van der Waals surface area (Å²) >= 11 is 5.83. The number of aromatic nitrogens is 3. The van der Waals surface area contributed by atoms with E-state index in [2.05, 4.69) is 25.8 Å². The Morgan fingerprint density at radius 2 is 1.88 bits per heavy atom. The van der Waals surface area contributed by atoms with E-state index in [4.69, 9.17) is 16.1 Å². The fourth-order valence-electron chi connectivity index (χ4n) is 2.01. The van der Waals surface area contributed by atoms with Crippen molar-refractivity contribution in [2.24, 2.45) is 0 Å². The summed E-state index contributed by atoms with van der Waals surface area (Å²) in [4.78, 5) is 20.8. The van der Waals surface area contributed by atoms with E-state index in [9.17, 15) is 4.79 Å². The lowest BCUT2D eigenvalue weighted by molar-refractivity contribution is 0.102. The Hall–Kier alpha value is -2.93. The van der Waals surface area contributed by atoms with Crippen LogP contribution in [0.25, 0.3) is 0 Å². The average Bonchev–Trinajstić information content (AvgIpc) is 2.94. The van der Waals surface area contributed by atoms with Gasteiger partial charge in [-0.2, -0.15) is 0 Å². The summed E-state index contributed by atoms with van der Waals surface area (Å²) in [5, 5.41) is 10.1. The number of nitrogens with one attached hydrogen (secondary N) is 2. The molecule has 2 aromatic heterocycles. The molecule has 8 heteroatoms. The van der Waals surface area contributed by atoms with Gasteiger partial charge in [-0.15, -0.1) is 0 Å².